The highest BCUT2D eigenvalue weighted by Gasteiger charge is 2.30. The first kappa shape index (κ1) is 14.9. The number of hydrogen-bond donors (Lipinski definition) is 0. The van der Waals surface area contributed by atoms with Crippen molar-refractivity contribution in [2.75, 3.05) is 0 Å². The summed E-state index contributed by atoms with van der Waals surface area (Å²) in [5, 5.41) is 0. The Balaban J connectivity index is 2.10. The Morgan fingerprint density at radius 3 is 2.54 bits per heavy atom. The molecule has 1 aromatic carbocycles. The van der Waals surface area contributed by atoms with Crippen LogP contribution in [0.1, 0.15) is 32.2 Å². The Hall–Kier alpha value is -2.70. The molecule has 0 bridgehead atoms. The number of aryl methyl sites for hydroxylation is 1. The smallest absolute Gasteiger partial charge is 0.325 e. The zero-order valence-corrected chi connectivity index (χ0v) is 13.3. The average Bonchev–Trinajstić information content (AvgIpc) is 3.30. The van der Waals surface area contributed by atoms with Crippen LogP contribution in [0.3, 0.4) is 0 Å². The number of benzene rings is 1. The SMILES string of the molecule is CCCn1cnc2c1c(=O)n(C1CC1)c(=O)n2-c1ccc(F)cc1. The molecule has 0 aliphatic heterocycles. The minimum Gasteiger partial charge on any atom is -0.325 e. The molecular formula is C17H17FN4O2. The Morgan fingerprint density at radius 2 is 1.92 bits per heavy atom. The van der Waals surface area contributed by atoms with Gasteiger partial charge in [-0.05, 0) is 43.5 Å². The Kier molecular flexibility index (Phi) is 3.37. The summed E-state index contributed by atoms with van der Waals surface area (Å²) in [6.07, 6.45) is 4.09. The predicted octanol–water partition coefficient (Wildman–Crippen LogP) is 2.23. The maximum absolute atomic E-state index is 13.2. The quantitative estimate of drug-likeness (QED) is 0.738. The first-order chi connectivity index (χ1) is 11.6. The molecule has 0 unspecified atom stereocenters. The second-order valence-corrected chi connectivity index (χ2v) is 6.11. The van der Waals surface area contributed by atoms with Gasteiger partial charge in [0.15, 0.2) is 11.2 Å². The van der Waals surface area contributed by atoms with Crippen molar-refractivity contribution in [3.8, 4) is 5.69 Å². The van der Waals surface area contributed by atoms with Gasteiger partial charge in [0.05, 0.1) is 12.0 Å². The number of hydrogen-bond acceptors (Lipinski definition) is 3. The van der Waals surface area contributed by atoms with Gasteiger partial charge in [-0.1, -0.05) is 6.92 Å². The molecule has 3 aromatic rings. The lowest BCUT2D eigenvalue weighted by atomic mass is 10.3. The number of aromatic nitrogens is 4. The van der Waals surface area contributed by atoms with E-state index in [9.17, 15) is 14.0 Å². The van der Waals surface area contributed by atoms with E-state index in [1.54, 1.807) is 10.9 Å². The summed E-state index contributed by atoms with van der Waals surface area (Å²) in [4.78, 5) is 30.1. The van der Waals surface area contributed by atoms with Crippen LogP contribution < -0.4 is 11.2 Å². The standard InChI is InChI=1S/C17H17FN4O2/c1-2-9-20-10-19-15-14(20)16(23)22(13-7-8-13)17(24)21(15)12-5-3-11(18)4-6-12/h3-6,10,13H,2,7-9H2,1H3. The fourth-order valence-corrected chi connectivity index (χ4v) is 3.04. The summed E-state index contributed by atoms with van der Waals surface area (Å²) >= 11 is 0. The molecule has 1 saturated carbocycles. The Bertz CT molecular complexity index is 1030. The molecule has 0 spiro atoms. The Morgan fingerprint density at radius 1 is 1.21 bits per heavy atom. The van der Waals surface area contributed by atoms with Crippen molar-refractivity contribution in [1.29, 1.82) is 0 Å². The van der Waals surface area contributed by atoms with Crippen LogP contribution in [0.4, 0.5) is 4.39 Å². The number of fused-ring (bicyclic) bond motifs is 1. The maximum atomic E-state index is 13.2. The lowest BCUT2D eigenvalue weighted by molar-refractivity contribution is 0.623. The van der Waals surface area contributed by atoms with Crippen LogP contribution in [0, 0.1) is 5.82 Å². The van der Waals surface area contributed by atoms with Gasteiger partial charge in [0, 0.05) is 12.6 Å². The second-order valence-electron chi connectivity index (χ2n) is 6.11. The van der Waals surface area contributed by atoms with Gasteiger partial charge in [0.1, 0.15) is 5.82 Å². The van der Waals surface area contributed by atoms with Crippen LogP contribution in [-0.4, -0.2) is 18.7 Å². The van der Waals surface area contributed by atoms with E-state index in [-0.39, 0.29) is 17.4 Å². The van der Waals surface area contributed by atoms with Crippen molar-refractivity contribution in [2.45, 2.75) is 38.8 Å². The summed E-state index contributed by atoms with van der Waals surface area (Å²) in [6.45, 7) is 2.67. The summed E-state index contributed by atoms with van der Waals surface area (Å²) in [7, 11) is 0. The van der Waals surface area contributed by atoms with Crippen LogP contribution in [-0.2, 0) is 6.54 Å². The summed E-state index contributed by atoms with van der Waals surface area (Å²) < 4.78 is 17.8. The van der Waals surface area contributed by atoms with Crippen molar-refractivity contribution in [2.24, 2.45) is 0 Å². The van der Waals surface area contributed by atoms with Gasteiger partial charge in [0.25, 0.3) is 5.56 Å². The first-order valence-electron chi connectivity index (χ1n) is 8.10. The molecule has 0 radical (unpaired) electrons. The minimum atomic E-state index is -0.414. The molecule has 24 heavy (non-hydrogen) atoms. The highest BCUT2D eigenvalue weighted by molar-refractivity contribution is 5.72. The van der Waals surface area contributed by atoms with E-state index in [1.165, 1.54) is 33.4 Å². The van der Waals surface area contributed by atoms with Crippen LogP contribution >= 0.6 is 0 Å². The lowest BCUT2D eigenvalue weighted by Crippen LogP contribution is -2.39. The van der Waals surface area contributed by atoms with Crippen LogP contribution in [0.15, 0.2) is 40.2 Å². The molecule has 0 saturated heterocycles. The van der Waals surface area contributed by atoms with E-state index in [1.807, 2.05) is 6.92 Å². The van der Waals surface area contributed by atoms with Crippen LogP contribution in [0.25, 0.3) is 16.9 Å². The summed E-state index contributed by atoms with van der Waals surface area (Å²) in [5.74, 6) is -0.380. The minimum absolute atomic E-state index is 0.0499. The summed E-state index contributed by atoms with van der Waals surface area (Å²) in [6, 6.07) is 5.59. The third-order valence-electron chi connectivity index (χ3n) is 4.31. The molecule has 4 rings (SSSR count). The third-order valence-corrected chi connectivity index (χ3v) is 4.31. The van der Waals surface area contributed by atoms with E-state index in [0.29, 0.717) is 23.4 Å². The summed E-state index contributed by atoms with van der Waals surface area (Å²) in [5.41, 5.74) is 0.544. The van der Waals surface area contributed by atoms with Crippen molar-refractivity contribution >= 4 is 11.2 Å². The van der Waals surface area contributed by atoms with Gasteiger partial charge >= 0.3 is 5.69 Å². The third kappa shape index (κ3) is 2.19. The fourth-order valence-electron chi connectivity index (χ4n) is 3.04. The largest absolute Gasteiger partial charge is 0.337 e. The van der Waals surface area contributed by atoms with Gasteiger partial charge in [-0.3, -0.25) is 9.36 Å². The van der Waals surface area contributed by atoms with Crippen molar-refractivity contribution < 1.29 is 4.39 Å². The van der Waals surface area contributed by atoms with E-state index < -0.39 is 5.69 Å². The number of halogens is 1. The molecular weight excluding hydrogens is 311 g/mol. The highest BCUT2D eigenvalue weighted by Crippen LogP contribution is 2.32. The molecule has 1 aliphatic rings. The van der Waals surface area contributed by atoms with Crippen LogP contribution in [0.5, 0.6) is 0 Å². The topological polar surface area (TPSA) is 61.8 Å². The highest BCUT2D eigenvalue weighted by atomic mass is 19.1. The second kappa shape index (κ2) is 5.43. The van der Waals surface area contributed by atoms with Crippen molar-refractivity contribution in [3.05, 3.63) is 57.2 Å². The number of imidazole rings is 1. The van der Waals surface area contributed by atoms with Gasteiger partial charge in [-0.2, -0.15) is 0 Å². The van der Waals surface area contributed by atoms with Gasteiger partial charge in [-0.25, -0.2) is 18.7 Å². The molecule has 1 aliphatic carbocycles. The molecule has 1 fully saturated rings. The molecule has 2 aromatic heterocycles. The molecule has 124 valence electrons. The van der Waals surface area contributed by atoms with E-state index in [4.69, 9.17) is 0 Å². The van der Waals surface area contributed by atoms with Gasteiger partial charge in [0.2, 0.25) is 0 Å². The van der Waals surface area contributed by atoms with Gasteiger partial charge in [-0.15, -0.1) is 0 Å². The molecule has 7 heteroatoms. The van der Waals surface area contributed by atoms with Gasteiger partial charge < -0.3 is 4.57 Å². The number of rotatable bonds is 4. The van der Waals surface area contributed by atoms with E-state index >= 15 is 0 Å². The van der Waals surface area contributed by atoms with Crippen molar-refractivity contribution in [1.82, 2.24) is 18.7 Å². The average molecular weight is 328 g/mol. The first-order valence-corrected chi connectivity index (χ1v) is 8.10. The zero-order valence-electron chi connectivity index (χ0n) is 13.3. The van der Waals surface area contributed by atoms with Crippen LogP contribution in [0.2, 0.25) is 0 Å². The normalized spacial score (nSPS) is 14.4. The Labute approximate surface area is 136 Å². The molecule has 2 heterocycles. The maximum Gasteiger partial charge on any atom is 0.337 e. The fraction of sp³-hybridized carbons (Fsp3) is 0.353. The monoisotopic (exact) mass is 328 g/mol. The zero-order chi connectivity index (χ0) is 16.8. The predicted molar refractivity (Wildman–Crippen MR) is 88.1 cm³/mol. The van der Waals surface area contributed by atoms with E-state index in [0.717, 1.165) is 19.3 Å². The molecule has 0 amide bonds. The molecule has 6 nitrogen and oxygen atoms in total. The van der Waals surface area contributed by atoms with E-state index in [2.05, 4.69) is 4.98 Å². The molecule has 0 atom stereocenters. The lowest BCUT2D eigenvalue weighted by Gasteiger charge is -2.12. The number of nitrogens with zero attached hydrogens (tertiary/aromatic N) is 4. The van der Waals surface area contributed by atoms with Crippen molar-refractivity contribution in [3.63, 3.8) is 0 Å². The molecule has 0 N–H and O–H groups in total.